The summed E-state index contributed by atoms with van der Waals surface area (Å²) >= 11 is 1.50. The number of benzene rings is 1. The molecule has 1 aromatic carbocycles. The first-order valence-electron chi connectivity index (χ1n) is 9.23. The highest BCUT2D eigenvalue weighted by molar-refractivity contribution is 7.22. The summed E-state index contributed by atoms with van der Waals surface area (Å²) in [6.45, 7) is 2.78. The third-order valence-electron chi connectivity index (χ3n) is 5.46. The van der Waals surface area contributed by atoms with Gasteiger partial charge in [0.25, 0.3) is 5.56 Å². The number of hydrogen-bond donors (Lipinski definition) is 1. The number of fused-ring (bicyclic) bond motifs is 5. The average molecular weight is 380 g/mol. The second-order valence-corrected chi connectivity index (χ2v) is 8.46. The molecule has 5 rings (SSSR count). The normalized spacial score (nSPS) is 21.8. The van der Waals surface area contributed by atoms with Crippen molar-refractivity contribution in [3.63, 3.8) is 0 Å². The number of aromatic nitrogens is 2. The molecule has 4 heterocycles. The fourth-order valence-electron chi connectivity index (χ4n) is 4.41. The van der Waals surface area contributed by atoms with Crippen molar-refractivity contribution >= 4 is 32.6 Å². The minimum Gasteiger partial charge on any atom is -0.312 e. The Hall–Kier alpha value is -2.51. The predicted octanol–water partition coefficient (Wildman–Crippen LogP) is 2.52. The van der Waals surface area contributed by atoms with Crippen molar-refractivity contribution < 1.29 is 4.79 Å². The third-order valence-corrected chi connectivity index (χ3v) is 6.41. The van der Waals surface area contributed by atoms with Gasteiger partial charge >= 0.3 is 0 Å². The topological polar surface area (TPSA) is 67.2 Å². The second-order valence-electron chi connectivity index (χ2n) is 7.43. The molecule has 2 aromatic heterocycles. The van der Waals surface area contributed by atoms with Crippen LogP contribution in [0.25, 0.3) is 10.2 Å². The first-order valence-corrected chi connectivity index (χ1v) is 10.0. The molecule has 2 bridgehead atoms. The van der Waals surface area contributed by atoms with Gasteiger partial charge in [-0.1, -0.05) is 29.5 Å². The Morgan fingerprint density at radius 2 is 2.04 bits per heavy atom. The van der Waals surface area contributed by atoms with Crippen LogP contribution in [0.5, 0.6) is 0 Å². The number of amides is 1. The van der Waals surface area contributed by atoms with Gasteiger partial charge in [0, 0.05) is 37.3 Å². The Morgan fingerprint density at radius 1 is 1.15 bits per heavy atom. The number of nitrogens with zero attached hydrogens (tertiary/aromatic N) is 3. The van der Waals surface area contributed by atoms with Crippen LogP contribution in [0.1, 0.15) is 18.0 Å². The van der Waals surface area contributed by atoms with Crippen LogP contribution in [0, 0.1) is 5.92 Å². The van der Waals surface area contributed by atoms with E-state index in [1.165, 1.54) is 11.3 Å². The van der Waals surface area contributed by atoms with Crippen LogP contribution in [0.3, 0.4) is 0 Å². The van der Waals surface area contributed by atoms with Crippen molar-refractivity contribution in [1.82, 2.24) is 14.5 Å². The molecular weight excluding hydrogens is 360 g/mol. The van der Waals surface area contributed by atoms with Gasteiger partial charge < -0.3 is 9.88 Å². The minimum atomic E-state index is -0.0283. The van der Waals surface area contributed by atoms with Gasteiger partial charge in [-0.15, -0.1) is 0 Å². The van der Waals surface area contributed by atoms with E-state index in [-0.39, 0.29) is 11.5 Å². The Kier molecular flexibility index (Phi) is 4.06. The van der Waals surface area contributed by atoms with Crippen molar-refractivity contribution in [2.24, 2.45) is 5.92 Å². The molecule has 2 unspecified atom stereocenters. The van der Waals surface area contributed by atoms with E-state index >= 15 is 0 Å². The molecule has 0 aliphatic carbocycles. The maximum Gasteiger partial charge on any atom is 0.250 e. The van der Waals surface area contributed by atoms with E-state index in [0.717, 1.165) is 42.0 Å². The molecule has 1 fully saturated rings. The summed E-state index contributed by atoms with van der Waals surface area (Å²) in [7, 11) is 0. The van der Waals surface area contributed by atoms with E-state index in [0.29, 0.717) is 23.5 Å². The Balaban J connectivity index is 1.28. The molecule has 0 spiro atoms. The first kappa shape index (κ1) is 16.6. The zero-order valence-electron chi connectivity index (χ0n) is 14.8. The first-order chi connectivity index (χ1) is 13.2. The third kappa shape index (κ3) is 3.17. The van der Waals surface area contributed by atoms with Crippen molar-refractivity contribution in [2.75, 3.05) is 25.0 Å². The molecule has 2 aliphatic rings. The van der Waals surface area contributed by atoms with Crippen LogP contribution < -0.4 is 10.9 Å². The average Bonchev–Trinajstić information content (AvgIpc) is 3.04. The summed E-state index contributed by atoms with van der Waals surface area (Å²) in [5.74, 6) is 0.715. The second kappa shape index (κ2) is 6.58. The molecule has 1 amide bonds. The number of likely N-dealkylation sites (tertiary alicyclic amines) is 1. The van der Waals surface area contributed by atoms with E-state index in [9.17, 15) is 9.59 Å². The number of carbonyl (C=O) groups excluding carboxylic acids is 1. The number of rotatable bonds is 3. The number of hydrogen-bond acceptors (Lipinski definition) is 5. The largest absolute Gasteiger partial charge is 0.312 e. The molecular formula is C20H20N4O2S. The van der Waals surface area contributed by atoms with Gasteiger partial charge in [0.15, 0.2) is 5.13 Å². The fourth-order valence-corrected chi connectivity index (χ4v) is 5.29. The Bertz CT molecular complexity index is 1040. The summed E-state index contributed by atoms with van der Waals surface area (Å²) < 4.78 is 2.99. The number of piperidine rings is 1. The van der Waals surface area contributed by atoms with Crippen LogP contribution >= 0.6 is 11.3 Å². The van der Waals surface area contributed by atoms with Crippen LogP contribution in [0.4, 0.5) is 5.13 Å². The molecule has 27 heavy (non-hydrogen) atoms. The number of carbonyl (C=O) groups is 1. The minimum absolute atomic E-state index is 0.0283. The maximum absolute atomic E-state index is 12.5. The standard InChI is InChI=1S/C20H20N4O2S/c25-18(22-20-21-15-4-1-2-6-17(15)27-20)12-23-9-13-8-14(11-23)16-5-3-7-19(26)24(16)10-13/h1-7,13-14H,8-12H2,(H,21,22,25). The lowest BCUT2D eigenvalue weighted by molar-refractivity contribution is -0.117. The number of nitrogens with one attached hydrogen (secondary N) is 1. The van der Waals surface area contributed by atoms with E-state index in [1.54, 1.807) is 6.07 Å². The highest BCUT2D eigenvalue weighted by atomic mass is 32.1. The summed E-state index contributed by atoms with van der Waals surface area (Å²) in [6.07, 6.45) is 1.10. The highest BCUT2D eigenvalue weighted by Gasteiger charge is 2.34. The molecule has 0 radical (unpaired) electrons. The van der Waals surface area contributed by atoms with Gasteiger partial charge in [-0.05, 0) is 30.5 Å². The molecule has 2 aliphatic heterocycles. The van der Waals surface area contributed by atoms with Crippen LogP contribution in [-0.4, -0.2) is 40.0 Å². The van der Waals surface area contributed by atoms with E-state index in [2.05, 4.69) is 15.2 Å². The molecule has 1 N–H and O–H groups in total. The van der Waals surface area contributed by atoms with Crippen molar-refractivity contribution in [1.29, 1.82) is 0 Å². The zero-order valence-corrected chi connectivity index (χ0v) is 15.6. The van der Waals surface area contributed by atoms with Crippen LogP contribution in [0.15, 0.2) is 47.3 Å². The van der Waals surface area contributed by atoms with Gasteiger partial charge in [-0.2, -0.15) is 0 Å². The van der Waals surface area contributed by atoms with Crippen molar-refractivity contribution in [3.8, 4) is 0 Å². The maximum atomic E-state index is 12.5. The van der Waals surface area contributed by atoms with Gasteiger partial charge in [0.1, 0.15) is 0 Å². The smallest absolute Gasteiger partial charge is 0.250 e. The van der Waals surface area contributed by atoms with E-state index in [1.807, 2.05) is 41.0 Å². The number of thiazole rings is 1. The lowest BCUT2D eigenvalue weighted by Crippen LogP contribution is -2.49. The predicted molar refractivity (Wildman–Crippen MR) is 106 cm³/mol. The van der Waals surface area contributed by atoms with Gasteiger partial charge in [-0.3, -0.25) is 14.5 Å². The summed E-state index contributed by atoms with van der Waals surface area (Å²) in [4.78, 5) is 31.3. The Labute approximate surface area is 160 Å². The highest BCUT2D eigenvalue weighted by Crippen LogP contribution is 2.34. The van der Waals surface area contributed by atoms with E-state index in [4.69, 9.17) is 0 Å². The SMILES string of the molecule is O=C(CN1CC2CC(C1)c1cccc(=O)n1C2)Nc1nc2ccccc2s1. The zero-order chi connectivity index (χ0) is 18.4. The van der Waals surface area contributed by atoms with Gasteiger partial charge in [0.2, 0.25) is 5.91 Å². The lowest BCUT2D eigenvalue weighted by Gasteiger charge is -2.42. The molecule has 3 aromatic rings. The number of para-hydroxylation sites is 1. The number of anilines is 1. The van der Waals surface area contributed by atoms with E-state index < -0.39 is 0 Å². The summed E-state index contributed by atoms with van der Waals surface area (Å²) in [5.41, 5.74) is 2.10. The molecule has 0 saturated carbocycles. The number of pyridine rings is 1. The quantitative estimate of drug-likeness (QED) is 0.758. The van der Waals surface area contributed by atoms with Crippen LogP contribution in [0.2, 0.25) is 0 Å². The van der Waals surface area contributed by atoms with Gasteiger partial charge in [0.05, 0.1) is 16.8 Å². The van der Waals surface area contributed by atoms with Crippen LogP contribution in [-0.2, 0) is 11.3 Å². The monoisotopic (exact) mass is 380 g/mol. The summed E-state index contributed by atoms with van der Waals surface area (Å²) in [6, 6.07) is 13.4. The lowest BCUT2D eigenvalue weighted by atomic mass is 9.83. The molecule has 1 saturated heterocycles. The molecule has 7 heteroatoms. The van der Waals surface area contributed by atoms with Crippen molar-refractivity contribution in [3.05, 3.63) is 58.5 Å². The molecule has 2 atom stereocenters. The fraction of sp³-hybridized carbons (Fsp3) is 0.350. The summed E-state index contributed by atoms with van der Waals surface area (Å²) in [5, 5.41) is 3.59. The van der Waals surface area contributed by atoms with Crippen molar-refractivity contribution in [2.45, 2.75) is 18.9 Å². The Morgan fingerprint density at radius 3 is 2.93 bits per heavy atom. The van der Waals surface area contributed by atoms with Gasteiger partial charge in [-0.25, -0.2) is 4.98 Å². The molecule has 6 nitrogen and oxygen atoms in total. The molecule has 138 valence electrons.